The molecule has 1 fully saturated rings. The molecule has 0 radical (unpaired) electrons. The van der Waals surface area contributed by atoms with Gasteiger partial charge >= 0.3 is 0 Å². The van der Waals surface area contributed by atoms with E-state index in [0.29, 0.717) is 6.04 Å². The van der Waals surface area contributed by atoms with Gasteiger partial charge in [0.15, 0.2) is 5.82 Å². The lowest BCUT2D eigenvalue weighted by molar-refractivity contribution is 0.0985. The van der Waals surface area contributed by atoms with Gasteiger partial charge in [-0.25, -0.2) is 4.98 Å². The van der Waals surface area contributed by atoms with Crippen molar-refractivity contribution in [2.24, 2.45) is 0 Å². The zero-order chi connectivity index (χ0) is 14.7. The number of imidazole rings is 1. The third-order valence-electron chi connectivity index (χ3n) is 3.97. The van der Waals surface area contributed by atoms with Gasteiger partial charge in [0.25, 0.3) is 0 Å². The molecule has 1 aliphatic heterocycles. The molecule has 2 aromatic heterocycles. The summed E-state index contributed by atoms with van der Waals surface area (Å²) in [7, 11) is 0. The average Bonchev–Trinajstić information content (AvgIpc) is 2.87. The van der Waals surface area contributed by atoms with Crippen molar-refractivity contribution in [1.29, 1.82) is 0 Å². The molecule has 0 bridgehead atoms. The minimum absolute atomic E-state index is 0.369. The summed E-state index contributed by atoms with van der Waals surface area (Å²) in [5.74, 6) is 1.10. The second kappa shape index (κ2) is 6.45. The Kier molecular flexibility index (Phi) is 4.41. The van der Waals surface area contributed by atoms with Crippen molar-refractivity contribution >= 4 is 11.5 Å². The van der Waals surface area contributed by atoms with E-state index in [2.05, 4.69) is 46.8 Å². The minimum Gasteiger partial charge on any atom is -0.377 e. The molecule has 1 N–H and O–H groups in total. The van der Waals surface area contributed by atoms with Crippen LogP contribution >= 0.6 is 0 Å². The number of aromatic nitrogens is 2. The van der Waals surface area contributed by atoms with Gasteiger partial charge in [-0.3, -0.25) is 0 Å². The molecule has 0 spiro atoms. The Morgan fingerprint density at radius 1 is 1.43 bits per heavy atom. The molecule has 0 saturated carbocycles. The van der Waals surface area contributed by atoms with Gasteiger partial charge in [-0.05, 0) is 32.0 Å². The predicted molar refractivity (Wildman–Crippen MR) is 84.8 cm³/mol. The highest BCUT2D eigenvalue weighted by molar-refractivity contribution is 5.56. The summed E-state index contributed by atoms with van der Waals surface area (Å²) in [6, 6.07) is 6.54. The van der Waals surface area contributed by atoms with Crippen molar-refractivity contribution in [3.63, 3.8) is 0 Å². The Morgan fingerprint density at radius 2 is 2.33 bits per heavy atom. The van der Waals surface area contributed by atoms with E-state index in [9.17, 15) is 0 Å². The van der Waals surface area contributed by atoms with Gasteiger partial charge in [-0.2, -0.15) is 0 Å². The summed E-state index contributed by atoms with van der Waals surface area (Å²) in [6.07, 6.45) is 3.24. The molecule has 1 atom stereocenters. The maximum absolute atomic E-state index is 5.55. The van der Waals surface area contributed by atoms with Crippen molar-refractivity contribution in [3.05, 3.63) is 30.1 Å². The third kappa shape index (κ3) is 2.89. The van der Waals surface area contributed by atoms with E-state index < -0.39 is 0 Å². The second-order valence-electron chi connectivity index (χ2n) is 5.61. The van der Waals surface area contributed by atoms with Crippen molar-refractivity contribution in [3.8, 4) is 0 Å². The summed E-state index contributed by atoms with van der Waals surface area (Å²) in [6.45, 7) is 8.72. The van der Waals surface area contributed by atoms with E-state index in [1.165, 1.54) is 5.69 Å². The fraction of sp³-hybridized carbons (Fsp3) is 0.562. The van der Waals surface area contributed by atoms with E-state index in [0.717, 1.165) is 50.7 Å². The van der Waals surface area contributed by atoms with E-state index in [4.69, 9.17) is 9.72 Å². The third-order valence-corrected chi connectivity index (χ3v) is 3.97. The number of hydrogen-bond acceptors (Lipinski definition) is 4. The quantitative estimate of drug-likeness (QED) is 0.855. The van der Waals surface area contributed by atoms with Gasteiger partial charge in [-0.1, -0.05) is 13.0 Å². The summed E-state index contributed by atoms with van der Waals surface area (Å²) in [4.78, 5) is 7.23. The van der Waals surface area contributed by atoms with Crippen molar-refractivity contribution in [2.75, 3.05) is 31.2 Å². The van der Waals surface area contributed by atoms with Crippen LogP contribution in [0.4, 0.5) is 5.82 Å². The molecule has 21 heavy (non-hydrogen) atoms. The lowest BCUT2D eigenvalue weighted by Gasteiger charge is -2.34. The first-order chi connectivity index (χ1) is 10.3. The fourth-order valence-corrected chi connectivity index (χ4v) is 2.85. The number of anilines is 1. The van der Waals surface area contributed by atoms with Crippen LogP contribution in [0.2, 0.25) is 0 Å². The van der Waals surface area contributed by atoms with Gasteiger partial charge in [0.2, 0.25) is 0 Å². The van der Waals surface area contributed by atoms with E-state index in [1.54, 1.807) is 0 Å². The molecule has 5 nitrogen and oxygen atoms in total. The SMILES string of the molecule is CCCNCc1c(N2CCOCC2C)nc2ccccn12. The van der Waals surface area contributed by atoms with Crippen LogP contribution < -0.4 is 10.2 Å². The second-order valence-corrected chi connectivity index (χ2v) is 5.61. The highest BCUT2D eigenvalue weighted by Gasteiger charge is 2.24. The topological polar surface area (TPSA) is 41.8 Å². The fourth-order valence-electron chi connectivity index (χ4n) is 2.85. The Hall–Kier alpha value is -1.59. The van der Waals surface area contributed by atoms with Crippen LogP contribution in [0.25, 0.3) is 5.65 Å². The number of ether oxygens (including phenoxy) is 1. The molecule has 1 aliphatic rings. The summed E-state index contributed by atoms with van der Waals surface area (Å²) in [5, 5.41) is 3.51. The van der Waals surface area contributed by atoms with Gasteiger partial charge in [0, 0.05) is 19.3 Å². The summed E-state index contributed by atoms with van der Waals surface area (Å²) >= 11 is 0. The maximum atomic E-state index is 5.55. The highest BCUT2D eigenvalue weighted by Crippen LogP contribution is 2.25. The van der Waals surface area contributed by atoms with Crippen LogP contribution in [0.15, 0.2) is 24.4 Å². The van der Waals surface area contributed by atoms with E-state index in [-0.39, 0.29) is 0 Å². The molecule has 0 aliphatic carbocycles. The predicted octanol–water partition coefficient (Wildman–Crippen LogP) is 2.06. The summed E-state index contributed by atoms with van der Waals surface area (Å²) in [5.41, 5.74) is 2.26. The largest absolute Gasteiger partial charge is 0.377 e. The van der Waals surface area contributed by atoms with Crippen LogP contribution in [-0.4, -0.2) is 41.7 Å². The number of nitrogens with one attached hydrogen (secondary N) is 1. The van der Waals surface area contributed by atoms with Gasteiger partial charge in [0.05, 0.1) is 24.9 Å². The summed E-state index contributed by atoms with van der Waals surface area (Å²) < 4.78 is 7.75. The first-order valence-corrected chi connectivity index (χ1v) is 7.82. The molecule has 2 aromatic rings. The van der Waals surface area contributed by atoms with Crippen LogP contribution in [0.1, 0.15) is 26.0 Å². The average molecular weight is 288 g/mol. The van der Waals surface area contributed by atoms with Crippen LogP contribution in [-0.2, 0) is 11.3 Å². The lowest BCUT2D eigenvalue weighted by Crippen LogP contribution is -2.44. The normalized spacial score (nSPS) is 19.3. The first-order valence-electron chi connectivity index (χ1n) is 7.82. The molecule has 1 unspecified atom stereocenters. The van der Waals surface area contributed by atoms with Gasteiger partial charge in [0.1, 0.15) is 5.65 Å². The van der Waals surface area contributed by atoms with Crippen LogP contribution in [0.5, 0.6) is 0 Å². The van der Waals surface area contributed by atoms with Crippen molar-refractivity contribution in [2.45, 2.75) is 32.9 Å². The molecular weight excluding hydrogens is 264 g/mol. The standard InChI is InChI=1S/C16H24N4O/c1-3-7-17-11-14-16(19-9-10-21-12-13(19)2)18-15-6-4-5-8-20(14)15/h4-6,8,13,17H,3,7,9-12H2,1-2H3. The van der Waals surface area contributed by atoms with E-state index in [1.807, 2.05) is 6.07 Å². The van der Waals surface area contributed by atoms with Crippen molar-refractivity contribution in [1.82, 2.24) is 14.7 Å². The number of hydrogen-bond donors (Lipinski definition) is 1. The molecule has 3 rings (SSSR count). The highest BCUT2D eigenvalue weighted by atomic mass is 16.5. The number of nitrogens with zero attached hydrogens (tertiary/aromatic N) is 3. The molecule has 1 saturated heterocycles. The molecule has 114 valence electrons. The van der Waals surface area contributed by atoms with Crippen molar-refractivity contribution < 1.29 is 4.74 Å². The smallest absolute Gasteiger partial charge is 0.152 e. The number of morpholine rings is 1. The van der Waals surface area contributed by atoms with Gasteiger partial charge in [-0.15, -0.1) is 0 Å². The number of pyridine rings is 1. The molecule has 3 heterocycles. The Bertz CT molecular complexity index is 595. The number of rotatable bonds is 5. The monoisotopic (exact) mass is 288 g/mol. The maximum Gasteiger partial charge on any atom is 0.152 e. The Labute approximate surface area is 125 Å². The lowest BCUT2D eigenvalue weighted by atomic mass is 10.2. The van der Waals surface area contributed by atoms with Gasteiger partial charge < -0.3 is 19.4 Å². The van der Waals surface area contributed by atoms with E-state index >= 15 is 0 Å². The zero-order valence-electron chi connectivity index (χ0n) is 12.9. The molecule has 5 heteroatoms. The Balaban J connectivity index is 1.97. The zero-order valence-corrected chi connectivity index (χ0v) is 12.9. The minimum atomic E-state index is 0.369. The molecule has 0 aromatic carbocycles. The first kappa shape index (κ1) is 14.4. The van der Waals surface area contributed by atoms with Crippen LogP contribution in [0.3, 0.4) is 0 Å². The molecule has 0 amide bonds. The number of fused-ring (bicyclic) bond motifs is 1. The molecular formula is C16H24N4O. The Morgan fingerprint density at radius 3 is 3.14 bits per heavy atom. The van der Waals surface area contributed by atoms with Crippen LogP contribution in [0, 0.1) is 0 Å².